The average Bonchev–Trinajstić information content (AvgIpc) is 2.67. The summed E-state index contributed by atoms with van der Waals surface area (Å²) in [5.74, 6) is 0.380. The minimum Gasteiger partial charge on any atom is -0.497 e. The number of benzene rings is 2. The number of nitrogens with zero attached hydrogens (tertiary/aromatic N) is 2. The highest BCUT2D eigenvalue weighted by molar-refractivity contribution is 5.93. The second-order valence-corrected chi connectivity index (χ2v) is 5.67. The van der Waals surface area contributed by atoms with Crippen molar-refractivity contribution in [1.82, 2.24) is 5.32 Å². The van der Waals surface area contributed by atoms with Crippen molar-refractivity contribution in [2.45, 2.75) is 19.9 Å². The predicted molar refractivity (Wildman–Crippen MR) is 98.6 cm³/mol. The molecule has 0 fully saturated rings. The predicted octanol–water partition coefficient (Wildman–Crippen LogP) is 2.63. The molecule has 0 radical (unpaired) electrons. The van der Waals surface area contributed by atoms with Gasteiger partial charge in [-0.15, -0.1) is 0 Å². The molecule has 0 bridgehead atoms. The third kappa shape index (κ3) is 5.08. The van der Waals surface area contributed by atoms with Crippen molar-refractivity contribution in [3.05, 3.63) is 59.7 Å². The van der Waals surface area contributed by atoms with Gasteiger partial charge in [0, 0.05) is 26.4 Å². The summed E-state index contributed by atoms with van der Waals surface area (Å²) in [6, 6.07) is 16.3. The van der Waals surface area contributed by atoms with Crippen molar-refractivity contribution in [3.63, 3.8) is 0 Å². The molecule has 2 amide bonds. The Bertz CT molecular complexity index is 810. The van der Waals surface area contributed by atoms with Crippen LogP contribution in [-0.2, 0) is 16.1 Å². The van der Waals surface area contributed by atoms with Crippen molar-refractivity contribution in [2.75, 3.05) is 18.6 Å². The number of nitriles is 1. The van der Waals surface area contributed by atoms with Crippen molar-refractivity contribution < 1.29 is 14.3 Å². The van der Waals surface area contributed by atoms with Crippen LogP contribution in [0.1, 0.15) is 24.5 Å². The van der Waals surface area contributed by atoms with Gasteiger partial charge >= 0.3 is 0 Å². The lowest BCUT2D eigenvalue weighted by Gasteiger charge is -2.22. The Morgan fingerprint density at radius 2 is 1.85 bits per heavy atom. The molecule has 0 aliphatic rings. The molecule has 1 N–H and O–H groups in total. The summed E-state index contributed by atoms with van der Waals surface area (Å²) in [5.41, 5.74) is 1.88. The van der Waals surface area contributed by atoms with Gasteiger partial charge in [-0.3, -0.25) is 9.59 Å². The molecule has 0 aliphatic carbocycles. The minimum atomic E-state index is -0.212. The van der Waals surface area contributed by atoms with Gasteiger partial charge in [0.05, 0.1) is 18.4 Å². The Labute approximate surface area is 153 Å². The number of carbonyl (C=O) groups is 2. The van der Waals surface area contributed by atoms with E-state index in [2.05, 4.69) is 11.4 Å². The SMILES string of the molecule is COc1ccc(CNC(=O)CCN(C(C)=O)c2ccccc2C#N)cc1. The van der Waals surface area contributed by atoms with Crippen LogP contribution in [0.3, 0.4) is 0 Å². The van der Waals surface area contributed by atoms with Gasteiger partial charge in [0.2, 0.25) is 11.8 Å². The number of hydrogen-bond donors (Lipinski definition) is 1. The van der Waals surface area contributed by atoms with E-state index >= 15 is 0 Å². The highest BCUT2D eigenvalue weighted by Crippen LogP contribution is 2.20. The Morgan fingerprint density at radius 3 is 2.46 bits per heavy atom. The van der Waals surface area contributed by atoms with Gasteiger partial charge in [-0.25, -0.2) is 0 Å². The number of anilines is 1. The molecule has 134 valence electrons. The summed E-state index contributed by atoms with van der Waals surface area (Å²) < 4.78 is 5.10. The molecular formula is C20H21N3O3. The number of ether oxygens (including phenoxy) is 1. The number of nitrogens with one attached hydrogen (secondary N) is 1. The van der Waals surface area contributed by atoms with Crippen molar-refractivity contribution in [3.8, 4) is 11.8 Å². The van der Waals surface area contributed by atoms with Gasteiger partial charge in [-0.05, 0) is 29.8 Å². The highest BCUT2D eigenvalue weighted by Gasteiger charge is 2.16. The quantitative estimate of drug-likeness (QED) is 0.831. The van der Waals surface area contributed by atoms with Gasteiger partial charge in [0.15, 0.2) is 0 Å². The molecule has 0 atom stereocenters. The normalized spacial score (nSPS) is 9.88. The monoisotopic (exact) mass is 351 g/mol. The molecule has 2 aromatic carbocycles. The molecule has 6 nitrogen and oxygen atoms in total. The summed E-state index contributed by atoms with van der Waals surface area (Å²) in [5, 5.41) is 12.0. The molecule has 0 spiro atoms. The lowest BCUT2D eigenvalue weighted by Crippen LogP contribution is -2.34. The maximum Gasteiger partial charge on any atom is 0.223 e. The molecule has 0 heterocycles. The van der Waals surface area contributed by atoms with E-state index in [1.807, 2.05) is 24.3 Å². The number of hydrogen-bond acceptors (Lipinski definition) is 4. The van der Waals surface area contributed by atoms with E-state index in [4.69, 9.17) is 4.74 Å². The molecule has 0 aromatic heterocycles. The van der Waals surface area contributed by atoms with Crippen LogP contribution in [0.15, 0.2) is 48.5 Å². The van der Waals surface area contributed by atoms with Crippen LogP contribution in [0.5, 0.6) is 5.75 Å². The molecule has 2 aromatic rings. The standard InChI is InChI=1S/C20H21N3O3/c1-15(24)23(19-6-4-3-5-17(19)13-21)12-11-20(25)22-14-16-7-9-18(26-2)10-8-16/h3-10H,11-12,14H2,1-2H3,(H,22,25). The average molecular weight is 351 g/mol. The van der Waals surface area contributed by atoms with Crippen LogP contribution in [0, 0.1) is 11.3 Å². The smallest absolute Gasteiger partial charge is 0.223 e. The van der Waals surface area contributed by atoms with E-state index in [0.29, 0.717) is 17.8 Å². The van der Waals surface area contributed by atoms with Crippen LogP contribution in [0.25, 0.3) is 0 Å². The Hall–Kier alpha value is -3.33. The van der Waals surface area contributed by atoms with E-state index < -0.39 is 0 Å². The molecule has 26 heavy (non-hydrogen) atoms. The zero-order chi connectivity index (χ0) is 18.9. The van der Waals surface area contributed by atoms with E-state index in [1.165, 1.54) is 11.8 Å². The van der Waals surface area contributed by atoms with E-state index in [9.17, 15) is 14.9 Å². The topological polar surface area (TPSA) is 82.4 Å². The molecule has 0 unspecified atom stereocenters. The Kier molecular flexibility index (Phi) is 6.75. The summed E-state index contributed by atoms with van der Waals surface area (Å²) in [6.45, 7) is 2.03. The van der Waals surface area contributed by atoms with E-state index in [0.717, 1.165) is 11.3 Å². The molecule has 2 rings (SSSR count). The third-order valence-corrected chi connectivity index (χ3v) is 3.91. The van der Waals surface area contributed by atoms with Gasteiger partial charge in [0.25, 0.3) is 0 Å². The zero-order valence-corrected chi connectivity index (χ0v) is 14.9. The molecular weight excluding hydrogens is 330 g/mol. The fourth-order valence-electron chi connectivity index (χ4n) is 2.50. The maximum atomic E-state index is 12.1. The van der Waals surface area contributed by atoms with Gasteiger partial charge in [-0.2, -0.15) is 5.26 Å². The third-order valence-electron chi connectivity index (χ3n) is 3.91. The summed E-state index contributed by atoms with van der Waals surface area (Å²) in [6.07, 6.45) is 0.148. The van der Waals surface area contributed by atoms with E-state index in [1.54, 1.807) is 31.4 Å². The lowest BCUT2D eigenvalue weighted by molar-refractivity contribution is -0.121. The van der Waals surface area contributed by atoms with Crippen LogP contribution in [0.2, 0.25) is 0 Å². The van der Waals surface area contributed by atoms with Crippen LogP contribution in [0.4, 0.5) is 5.69 Å². The number of methoxy groups -OCH3 is 1. The van der Waals surface area contributed by atoms with Crippen molar-refractivity contribution in [2.24, 2.45) is 0 Å². The molecule has 0 saturated carbocycles. The van der Waals surface area contributed by atoms with E-state index in [-0.39, 0.29) is 24.8 Å². The largest absolute Gasteiger partial charge is 0.497 e. The molecule has 0 saturated heterocycles. The first-order valence-corrected chi connectivity index (χ1v) is 8.22. The number of amides is 2. The van der Waals surface area contributed by atoms with Crippen LogP contribution >= 0.6 is 0 Å². The zero-order valence-electron chi connectivity index (χ0n) is 14.9. The van der Waals surface area contributed by atoms with Crippen molar-refractivity contribution in [1.29, 1.82) is 5.26 Å². The molecule has 0 aliphatic heterocycles. The van der Waals surface area contributed by atoms with Crippen LogP contribution in [-0.4, -0.2) is 25.5 Å². The maximum absolute atomic E-state index is 12.1. The fraction of sp³-hybridized carbons (Fsp3) is 0.250. The first kappa shape index (κ1) is 19.0. The summed E-state index contributed by atoms with van der Waals surface area (Å²) in [7, 11) is 1.60. The number of carbonyl (C=O) groups excluding carboxylic acids is 2. The second-order valence-electron chi connectivity index (χ2n) is 5.67. The first-order chi connectivity index (χ1) is 12.5. The number of para-hydroxylation sites is 1. The number of rotatable bonds is 7. The first-order valence-electron chi connectivity index (χ1n) is 8.22. The molecule has 6 heteroatoms. The second kappa shape index (κ2) is 9.23. The highest BCUT2D eigenvalue weighted by atomic mass is 16.5. The minimum absolute atomic E-state index is 0.148. The van der Waals surface area contributed by atoms with Gasteiger partial charge in [0.1, 0.15) is 11.8 Å². The summed E-state index contributed by atoms with van der Waals surface area (Å²) in [4.78, 5) is 25.5. The van der Waals surface area contributed by atoms with Gasteiger partial charge < -0.3 is 15.0 Å². The summed E-state index contributed by atoms with van der Waals surface area (Å²) >= 11 is 0. The van der Waals surface area contributed by atoms with Crippen LogP contribution < -0.4 is 15.0 Å². The van der Waals surface area contributed by atoms with Crippen molar-refractivity contribution >= 4 is 17.5 Å². The fourth-order valence-corrected chi connectivity index (χ4v) is 2.50. The lowest BCUT2D eigenvalue weighted by atomic mass is 10.1. The Morgan fingerprint density at radius 1 is 1.15 bits per heavy atom. The Balaban J connectivity index is 1.93. The van der Waals surface area contributed by atoms with Gasteiger partial charge in [-0.1, -0.05) is 24.3 Å².